The van der Waals surface area contributed by atoms with Gasteiger partial charge >= 0.3 is 0 Å². The minimum absolute atomic E-state index is 0.0275. The summed E-state index contributed by atoms with van der Waals surface area (Å²) in [4.78, 5) is 12.5. The molecule has 0 spiro atoms. The van der Waals surface area contributed by atoms with E-state index >= 15 is 0 Å². The van der Waals surface area contributed by atoms with E-state index < -0.39 is 0 Å². The maximum absolute atomic E-state index is 12.5. The fourth-order valence-electron chi connectivity index (χ4n) is 2.09. The van der Waals surface area contributed by atoms with E-state index in [-0.39, 0.29) is 12.0 Å². The molecule has 3 nitrogen and oxygen atoms in total. The molecular weight excluding hydrogens is 262 g/mol. The van der Waals surface area contributed by atoms with Crippen LogP contribution in [0.1, 0.15) is 35.3 Å². The predicted molar refractivity (Wildman–Crippen MR) is 86.1 cm³/mol. The fraction of sp³-hybridized carbons (Fsp3) is 0.278. The van der Waals surface area contributed by atoms with Gasteiger partial charge in [-0.25, -0.2) is 0 Å². The van der Waals surface area contributed by atoms with Crippen molar-refractivity contribution in [2.75, 3.05) is 5.32 Å². The van der Waals surface area contributed by atoms with E-state index in [1.54, 1.807) is 6.07 Å². The van der Waals surface area contributed by atoms with Crippen LogP contribution >= 0.6 is 0 Å². The molecule has 0 saturated heterocycles. The Balaban J connectivity index is 2.27. The van der Waals surface area contributed by atoms with Crippen molar-refractivity contribution in [1.29, 1.82) is 0 Å². The zero-order chi connectivity index (χ0) is 15.4. The number of aryl methyl sites for hydroxylation is 1. The van der Waals surface area contributed by atoms with Crippen LogP contribution in [-0.2, 0) is 0 Å². The molecule has 0 aliphatic rings. The second kappa shape index (κ2) is 6.44. The number of anilines is 1. The molecular formula is C18H21NO2. The molecule has 2 rings (SSSR count). The van der Waals surface area contributed by atoms with Crippen LogP contribution in [0.25, 0.3) is 0 Å². The number of carbonyl (C=O) groups excluding carboxylic acids is 1. The Labute approximate surface area is 126 Å². The number of benzene rings is 2. The molecule has 2 aromatic rings. The van der Waals surface area contributed by atoms with E-state index in [0.717, 1.165) is 16.8 Å². The summed E-state index contributed by atoms with van der Waals surface area (Å²) >= 11 is 0. The molecule has 0 saturated carbocycles. The van der Waals surface area contributed by atoms with E-state index in [1.807, 2.05) is 64.1 Å². The minimum atomic E-state index is -0.153. The normalized spacial score (nSPS) is 10.5. The average molecular weight is 283 g/mol. The van der Waals surface area contributed by atoms with Crippen LogP contribution in [-0.4, -0.2) is 12.0 Å². The number of carbonyl (C=O) groups is 1. The number of rotatable bonds is 4. The molecule has 1 amide bonds. The molecule has 3 heteroatoms. The Hall–Kier alpha value is -2.29. The summed E-state index contributed by atoms with van der Waals surface area (Å²) in [5.41, 5.74) is 3.61. The molecule has 110 valence electrons. The Morgan fingerprint density at radius 1 is 1.05 bits per heavy atom. The van der Waals surface area contributed by atoms with E-state index in [0.29, 0.717) is 11.3 Å². The highest BCUT2D eigenvalue weighted by Crippen LogP contribution is 2.23. The first-order valence-electron chi connectivity index (χ1n) is 7.12. The summed E-state index contributed by atoms with van der Waals surface area (Å²) in [5, 5.41) is 2.96. The monoisotopic (exact) mass is 283 g/mol. The maximum Gasteiger partial charge on any atom is 0.259 e. The highest BCUT2D eigenvalue weighted by molar-refractivity contribution is 6.06. The second-order valence-corrected chi connectivity index (χ2v) is 5.36. The van der Waals surface area contributed by atoms with Crippen molar-refractivity contribution in [3.63, 3.8) is 0 Å². The lowest BCUT2D eigenvalue weighted by molar-refractivity contribution is 0.102. The van der Waals surface area contributed by atoms with Gasteiger partial charge in [0.15, 0.2) is 0 Å². The Morgan fingerprint density at radius 2 is 1.76 bits per heavy atom. The molecule has 2 aromatic carbocycles. The minimum Gasteiger partial charge on any atom is -0.490 e. The van der Waals surface area contributed by atoms with Gasteiger partial charge in [0.25, 0.3) is 5.91 Å². The smallest absolute Gasteiger partial charge is 0.259 e. The molecule has 21 heavy (non-hydrogen) atoms. The third-order valence-corrected chi connectivity index (χ3v) is 3.35. The van der Waals surface area contributed by atoms with Crippen LogP contribution in [0, 0.1) is 13.8 Å². The summed E-state index contributed by atoms with van der Waals surface area (Å²) in [5.74, 6) is 0.454. The molecule has 0 heterocycles. The van der Waals surface area contributed by atoms with E-state index in [9.17, 15) is 4.79 Å². The van der Waals surface area contributed by atoms with Crippen LogP contribution in [0.3, 0.4) is 0 Å². The fourth-order valence-corrected chi connectivity index (χ4v) is 2.09. The predicted octanol–water partition coefficient (Wildman–Crippen LogP) is 4.34. The summed E-state index contributed by atoms with van der Waals surface area (Å²) in [7, 11) is 0. The summed E-state index contributed by atoms with van der Waals surface area (Å²) in [6.45, 7) is 7.92. The van der Waals surface area contributed by atoms with Crippen LogP contribution in [0.2, 0.25) is 0 Å². The van der Waals surface area contributed by atoms with Crippen LogP contribution in [0.15, 0.2) is 42.5 Å². The summed E-state index contributed by atoms with van der Waals surface area (Å²) < 4.78 is 5.70. The molecule has 0 radical (unpaired) electrons. The zero-order valence-corrected chi connectivity index (χ0v) is 12.9. The number of hydrogen-bond acceptors (Lipinski definition) is 2. The largest absolute Gasteiger partial charge is 0.490 e. The molecule has 0 fully saturated rings. The topological polar surface area (TPSA) is 38.3 Å². The van der Waals surface area contributed by atoms with Crippen molar-refractivity contribution in [3.8, 4) is 5.75 Å². The van der Waals surface area contributed by atoms with Gasteiger partial charge in [-0.15, -0.1) is 0 Å². The third kappa shape index (κ3) is 3.63. The lowest BCUT2D eigenvalue weighted by Gasteiger charge is -2.15. The van der Waals surface area contributed by atoms with Gasteiger partial charge in [0.05, 0.1) is 11.7 Å². The van der Waals surface area contributed by atoms with Gasteiger partial charge in [-0.2, -0.15) is 0 Å². The van der Waals surface area contributed by atoms with Crippen molar-refractivity contribution >= 4 is 11.6 Å². The van der Waals surface area contributed by atoms with Crippen LogP contribution in [0.4, 0.5) is 5.69 Å². The number of ether oxygens (including phenoxy) is 1. The first kappa shape index (κ1) is 15.1. The molecule has 0 unspecified atom stereocenters. The van der Waals surface area contributed by atoms with Gasteiger partial charge in [0, 0.05) is 5.69 Å². The number of para-hydroxylation sites is 1. The van der Waals surface area contributed by atoms with Gasteiger partial charge < -0.3 is 10.1 Å². The lowest BCUT2D eigenvalue weighted by atomic mass is 10.1. The van der Waals surface area contributed by atoms with Gasteiger partial charge in [-0.3, -0.25) is 4.79 Å². The van der Waals surface area contributed by atoms with Gasteiger partial charge in [-0.05, 0) is 57.0 Å². The number of hydrogen-bond donors (Lipinski definition) is 1. The standard InChI is InChI=1S/C18H21NO2/c1-12(2)21-17-11-6-5-9-15(17)18(20)19-16-10-7-8-13(3)14(16)4/h5-12H,1-4H3,(H,19,20). The van der Waals surface area contributed by atoms with E-state index in [2.05, 4.69) is 5.32 Å². The number of amides is 1. The van der Waals surface area contributed by atoms with Crippen molar-refractivity contribution in [2.45, 2.75) is 33.8 Å². The first-order chi connectivity index (χ1) is 9.99. The Bertz CT molecular complexity index is 647. The molecule has 0 aliphatic heterocycles. The molecule has 1 N–H and O–H groups in total. The van der Waals surface area contributed by atoms with Crippen molar-refractivity contribution in [2.24, 2.45) is 0 Å². The average Bonchev–Trinajstić information content (AvgIpc) is 2.44. The second-order valence-electron chi connectivity index (χ2n) is 5.36. The summed E-state index contributed by atoms with van der Waals surface area (Å²) in [6.07, 6.45) is 0.0275. The van der Waals surface area contributed by atoms with E-state index in [4.69, 9.17) is 4.74 Å². The molecule has 0 aromatic heterocycles. The van der Waals surface area contributed by atoms with Crippen LogP contribution < -0.4 is 10.1 Å². The highest BCUT2D eigenvalue weighted by Gasteiger charge is 2.14. The summed E-state index contributed by atoms with van der Waals surface area (Å²) in [6, 6.07) is 13.2. The first-order valence-corrected chi connectivity index (χ1v) is 7.12. The number of nitrogens with one attached hydrogen (secondary N) is 1. The highest BCUT2D eigenvalue weighted by atomic mass is 16.5. The van der Waals surface area contributed by atoms with Crippen LogP contribution in [0.5, 0.6) is 5.75 Å². The molecule has 0 aliphatic carbocycles. The SMILES string of the molecule is Cc1cccc(NC(=O)c2ccccc2OC(C)C)c1C. The van der Waals surface area contributed by atoms with Gasteiger partial charge in [0.2, 0.25) is 0 Å². The molecule has 0 bridgehead atoms. The van der Waals surface area contributed by atoms with Crippen molar-refractivity contribution < 1.29 is 9.53 Å². The van der Waals surface area contributed by atoms with Crippen molar-refractivity contribution in [1.82, 2.24) is 0 Å². The third-order valence-electron chi connectivity index (χ3n) is 3.35. The maximum atomic E-state index is 12.5. The quantitative estimate of drug-likeness (QED) is 0.906. The Morgan fingerprint density at radius 3 is 2.48 bits per heavy atom. The Kier molecular flexibility index (Phi) is 4.63. The molecule has 0 atom stereocenters. The van der Waals surface area contributed by atoms with Crippen molar-refractivity contribution in [3.05, 3.63) is 59.2 Å². The van der Waals surface area contributed by atoms with Gasteiger partial charge in [-0.1, -0.05) is 24.3 Å². The lowest BCUT2D eigenvalue weighted by Crippen LogP contribution is -2.16. The zero-order valence-electron chi connectivity index (χ0n) is 12.9. The van der Waals surface area contributed by atoms with Gasteiger partial charge in [0.1, 0.15) is 5.75 Å². The van der Waals surface area contributed by atoms with E-state index in [1.165, 1.54) is 0 Å².